The molecule has 0 heterocycles. The van der Waals surface area contributed by atoms with Crippen LogP contribution >= 0.6 is 0 Å². The molecular formula is C32H62O12. The van der Waals surface area contributed by atoms with Crippen LogP contribution in [0.2, 0.25) is 0 Å². The molecule has 0 aromatic heterocycles. The standard InChI is InChI=1S/C32H62O12/c1-11-21-37-29(7,38-22-12-2)31(35-9,41-25-15-5)43-27(33)19-17-18-20-28(34)44-32(36-10,42-26-16-6)30(8,39-23-13-3)40-24-14-4/h11-26H2,1-10H3. The maximum Gasteiger partial charge on any atom is 0.386 e. The fourth-order valence-electron chi connectivity index (χ4n) is 4.12. The van der Waals surface area contributed by atoms with Gasteiger partial charge in [-0.3, -0.25) is 9.59 Å². The number of carbonyl (C=O) groups excluding carboxylic acids is 2. The van der Waals surface area contributed by atoms with Crippen LogP contribution in [0.15, 0.2) is 0 Å². The Hall–Kier alpha value is -1.38. The molecule has 0 rings (SSSR count). The molecule has 0 aromatic rings. The highest BCUT2D eigenvalue weighted by Gasteiger charge is 2.58. The molecule has 0 aromatic carbocycles. The third-order valence-electron chi connectivity index (χ3n) is 6.48. The lowest BCUT2D eigenvalue weighted by molar-refractivity contribution is -0.475. The number of hydrogen-bond acceptors (Lipinski definition) is 12. The topological polar surface area (TPSA) is 126 Å². The van der Waals surface area contributed by atoms with E-state index in [1.165, 1.54) is 14.2 Å². The zero-order valence-electron chi connectivity index (χ0n) is 29.2. The van der Waals surface area contributed by atoms with E-state index in [1.54, 1.807) is 13.8 Å². The molecule has 12 nitrogen and oxygen atoms in total. The van der Waals surface area contributed by atoms with E-state index < -0.39 is 35.5 Å². The Balaban J connectivity index is 5.58. The normalized spacial score (nSPS) is 15.0. The molecule has 0 spiro atoms. The van der Waals surface area contributed by atoms with Crippen LogP contribution in [0.5, 0.6) is 0 Å². The number of carbonyl (C=O) groups is 2. The Morgan fingerprint density at radius 1 is 0.455 bits per heavy atom. The number of unbranched alkanes of at least 4 members (excludes halogenated alkanes) is 1. The van der Waals surface area contributed by atoms with E-state index in [9.17, 15) is 9.59 Å². The summed E-state index contributed by atoms with van der Waals surface area (Å²) < 4.78 is 58.8. The van der Waals surface area contributed by atoms with Crippen molar-refractivity contribution in [2.24, 2.45) is 0 Å². The van der Waals surface area contributed by atoms with Gasteiger partial charge in [-0.15, -0.1) is 0 Å². The van der Waals surface area contributed by atoms with Crippen LogP contribution in [0.25, 0.3) is 0 Å². The number of rotatable bonds is 29. The second-order valence-corrected chi connectivity index (χ2v) is 10.7. The second kappa shape index (κ2) is 23.0. The number of esters is 2. The monoisotopic (exact) mass is 638 g/mol. The molecule has 0 amide bonds. The quantitative estimate of drug-likeness (QED) is 0.0524. The number of ether oxygens (including phenoxy) is 10. The average Bonchev–Trinajstić information content (AvgIpc) is 3.02. The average molecular weight is 639 g/mol. The third kappa shape index (κ3) is 13.2. The van der Waals surface area contributed by atoms with Gasteiger partial charge in [0.05, 0.1) is 39.6 Å². The summed E-state index contributed by atoms with van der Waals surface area (Å²) in [6, 6.07) is 0. The summed E-state index contributed by atoms with van der Waals surface area (Å²) in [6.45, 7) is 16.9. The first kappa shape index (κ1) is 42.6. The molecule has 0 fully saturated rings. The highest BCUT2D eigenvalue weighted by atomic mass is 16.9. The smallest absolute Gasteiger partial charge is 0.386 e. The van der Waals surface area contributed by atoms with Crippen LogP contribution in [0.3, 0.4) is 0 Å². The molecule has 12 heteroatoms. The van der Waals surface area contributed by atoms with Gasteiger partial charge in [0, 0.05) is 27.1 Å². The van der Waals surface area contributed by atoms with E-state index in [0.29, 0.717) is 77.8 Å². The minimum atomic E-state index is -1.92. The lowest BCUT2D eigenvalue weighted by atomic mass is 10.2. The van der Waals surface area contributed by atoms with Crippen molar-refractivity contribution in [1.82, 2.24) is 0 Å². The second-order valence-electron chi connectivity index (χ2n) is 10.7. The minimum Gasteiger partial charge on any atom is -0.403 e. The molecule has 0 bridgehead atoms. The van der Waals surface area contributed by atoms with E-state index in [4.69, 9.17) is 47.4 Å². The third-order valence-corrected chi connectivity index (χ3v) is 6.48. The van der Waals surface area contributed by atoms with Crippen molar-refractivity contribution in [2.75, 3.05) is 53.9 Å². The molecule has 0 aliphatic rings. The van der Waals surface area contributed by atoms with Crippen molar-refractivity contribution in [3.8, 4) is 0 Å². The summed E-state index contributed by atoms with van der Waals surface area (Å²) in [4.78, 5) is 26.1. The summed E-state index contributed by atoms with van der Waals surface area (Å²) in [5.41, 5.74) is 0. The van der Waals surface area contributed by atoms with E-state index in [1.807, 2.05) is 41.5 Å². The predicted octanol–water partition coefficient (Wildman–Crippen LogP) is 6.23. The highest BCUT2D eigenvalue weighted by Crippen LogP contribution is 2.36. The summed E-state index contributed by atoms with van der Waals surface area (Å²) in [5.74, 6) is -8.02. The fraction of sp³-hybridized carbons (Fsp3) is 0.938. The van der Waals surface area contributed by atoms with Crippen LogP contribution in [-0.2, 0) is 57.0 Å². The van der Waals surface area contributed by atoms with Crippen molar-refractivity contribution >= 4 is 11.9 Å². The van der Waals surface area contributed by atoms with E-state index in [2.05, 4.69) is 0 Å². The van der Waals surface area contributed by atoms with E-state index in [-0.39, 0.29) is 26.1 Å². The number of methoxy groups -OCH3 is 2. The first-order valence-corrected chi connectivity index (χ1v) is 16.4. The maximum absolute atomic E-state index is 13.1. The van der Waals surface area contributed by atoms with Gasteiger partial charge in [0.15, 0.2) is 0 Å². The first-order chi connectivity index (χ1) is 21.0. The van der Waals surface area contributed by atoms with Gasteiger partial charge >= 0.3 is 23.9 Å². The predicted molar refractivity (Wildman–Crippen MR) is 164 cm³/mol. The Morgan fingerprint density at radius 2 is 0.705 bits per heavy atom. The van der Waals surface area contributed by atoms with Gasteiger partial charge in [-0.05, 0) is 65.2 Å². The van der Waals surface area contributed by atoms with Crippen molar-refractivity contribution < 1.29 is 57.0 Å². The van der Waals surface area contributed by atoms with Crippen molar-refractivity contribution in [2.45, 2.75) is 143 Å². The molecule has 44 heavy (non-hydrogen) atoms. The molecule has 0 aliphatic carbocycles. The highest BCUT2D eigenvalue weighted by molar-refractivity contribution is 5.71. The van der Waals surface area contributed by atoms with Gasteiger partial charge in [-0.2, -0.15) is 0 Å². The summed E-state index contributed by atoms with van der Waals surface area (Å²) in [7, 11) is 2.76. The Morgan fingerprint density at radius 3 is 0.932 bits per heavy atom. The molecule has 0 N–H and O–H groups in total. The van der Waals surface area contributed by atoms with E-state index >= 15 is 0 Å². The van der Waals surface area contributed by atoms with E-state index in [0.717, 1.165) is 0 Å². The van der Waals surface area contributed by atoms with Crippen molar-refractivity contribution in [3.63, 3.8) is 0 Å². The van der Waals surface area contributed by atoms with Crippen LogP contribution < -0.4 is 0 Å². The minimum absolute atomic E-state index is 0.00972. The van der Waals surface area contributed by atoms with Crippen LogP contribution in [0.1, 0.15) is 120 Å². The lowest BCUT2D eigenvalue weighted by Crippen LogP contribution is -2.61. The Labute approximate surface area is 266 Å². The van der Waals surface area contributed by atoms with Crippen molar-refractivity contribution in [1.29, 1.82) is 0 Å². The SMILES string of the molecule is CCCOC(C)(OCCC)C(OC)(OCCC)OC(=O)CCCCC(=O)OC(OC)(OCCC)C(C)(OCCC)OCCC. The zero-order valence-corrected chi connectivity index (χ0v) is 29.2. The number of hydrogen-bond donors (Lipinski definition) is 0. The zero-order chi connectivity index (χ0) is 33.5. The van der Waals surface area contributed by atoms with Crippen LogP contribution in [0.4, 0.5) is 0 Å². The van der Waals surface area contributed by atoms with Gasteiger partial charge in [0.25, 0.3) is 11.6 Å². The lowest BCUT2D eigenvalue weighted by Gasteiger charge is -2.44. The molecule has 0 aliphatic heterocycles. The van der Waals surface area contributed by atoms with Gasteiger partial charge < -0.3 is 47.4 Å². The largest absolute Gasteiger partial charge is 0.403 e. The molecule has 262 valence electrons. The molecule has 0 saturated carbocycles. The molecule has 2 atom stereocenters. The molecule has 0 saturated heterocycles. The van der Waals surface area contributed by atoms with Gasteiger partial charge in [-0.1, -0.05) is 41.5 Å². The van der Waals surface area contributed by atoms with Gasteiger partial charge in [-0.25, -0.2) is 0 Å². The summed E-state index contributed by atoms with van der Waals surface area (Å²) >= 11 is 0. The summed E-state index contributed by atoms with van der Waals surface area (Å²) in [5, 5.41) is 0. The molecule has 2 unspecified atom stereocenters. The van der Waals surface area contributed by atoms with Crippen LogP contribution in [0, 0.1) is 0 Å². The Kier molecular flexibility index (Phi) is 22.3. The van der Waals surface area contributed by atoms with Gasteiger partial charge in [0.2, 0.25) is 0 Å². The van der Waals surface area contributed by atoms with Crippen LogP contribution in [-0.4, -0.2) is 89.3 Å². The first-order valence-electron chi connectivity index (χ1n) is 16.4. The van der Waals surface area contributed by atoms with Gasteiger partial charge in [0.1, 0.15) is 0 Å². The molecular weight excluding hydrogens is 576 g/mol. The van der Waals surface area contributed by atoms with Crippen molar-refractivity contribution in [3.05, 3.63) is 0 Å². The Bertz CT molecular complexity index is 686. The maximum atomic E-state index is 13.1. The fourth-order valence-corrected chi connectivity index (χ4v) is 4.12. The molecule has 0 radical (unpaired) electrons. The summed E-state index contributed by atoms with van der Waals surface area (Å²) in [6.07, 6.45) is 4.80.